The molecule has 3 rings (SSSR count). The van der Waals surface area contributed by atoms with Crippen molar-refractivity contribution in [2.75, 3.05) is 34.4 Å². The van der Waals surface area contributed by atoms with Crippen molar-refractivity contribution in [1.82, 2.24) is 9.96 Å². The van der Waals surface area contributed by atoms with Gasteiger partial charge in [-0.3, -0.25) is 9.63 Å². The minimum atomic E-state index is -1.05. The number of hydrogen-bond donors (Lipinski definition) is 1. The number of ether oxygens (including phenoxy) is 3. The van der Waals surface area contributed by atoms with Gasteiger partial charge in [0.2, 0.25) is 0 Å². The van der Waals surface area contributed by atoms with E-state index < -0.39 is 24.1 Å². The first-order valence-corrected chi connectivity index (χ1v) is 10.7. The molecule has 1 saturated heterocycles. The molecule has 0 aliphatic carbocycles. The first-order chi connectivity index (χ1) is 16.0. The summed E-state index contributed by atoms with van der Waals surface area (Å²) < 4.78 is 16.8. The maximum Gasteiger partial charge on any atom is 0.407 e. The molecule has 0 saturated carbocycles. The fraction of sp³-hybridized carbons (Fsp3) is 0.417. The molecule has 1 fully saturated rings. The summed E-state index contributed by atoms with van der Waals surface area (Å²) in [7, 11) is 4.36. The minimum Gasteiger partial charge on any atom is -0.497 e. The van der Waals surface area contributed by atoms with Gasteiger partial charge >= 0.3 is 6.09 Å². The molecule has 0 aromatic heterocycles. The van der Waals surface area contributed by atoms with E-state index in [1.54, 1.807) is 18.2 Å². The van der Waals surface area contributed by atoms with Crippen LogP contribution >= 0.6 is 0 Å². The molecule has 0 bridgehead atoms. The average molecular weight is 459 g/mol. The van der Waals surface area contributed by atoms with E-state index in [1.165, 1.54) is 31.3 Å². The predicted molar refractivity (Wildman–Crippen MR) is 120 cm³/mol. The summed E-state index contributed by atoms with van der Waals surface area (Å²) in [4.78, 5) is 32.2. The molecule has 33 heavy (non-hydrogen) atoms. The van der Waals surface area contributed by atoms with E-state index in [2.05, 4.69) is 0 Å². The van der Waals surface area contributed by atoms with Gasteiger partial charge in [-0.2, -0.15) is 0 Å². The lowest BCUT2D eigenvalue weighted by atomic mass is 10.1. The summed E-state index contributed by atoms with van der Waals surface area (Å²) in [6.45, 7) is 0.745. The fourth-order valence-corrected chi connectivity index (χ4v) is 3.95. The Kier molecular flexibility index (Phi) is 8.51. The number of carboxylic acid groups (broad SMARTS) is 1. The minimum absolute atomic E-state index is 0.0562. The maximum absolute atomic E-state index is 13.6. The maximum atomic E-state index is 13.6. The number of amides is 2. The summed E-state index contributed by atoms with van der Waals surface area (Å²) >= 11 is 0. The van der Waals surface area contributed by atoms with Crippen molar-refractivity contribution in [1.29, 1.82) is 0 Å². The molecular weight excluding hydrogens is 428 g/mol. The van der Waals surface area contributed by atoms with Crippen LogP contribution in [-0.4, -0.2) is 73.6 Å². The summed E-state index contributed by atoms with van der Waals surface area (Å²) in [5.74, 6) is 0.368. The van der Waals surface area contributed by atoms with E-state index in [1.807, 2.05) is 30.3 Å². The molecule has 2 amide bonds. The molecule has 1 N–H and O–H groups in total. The zero-order valence-electron chi connectivity index (χ0n) is 19.1. The van der Waals surface area contributed by atoms with Gasteiger partial charge in [0, 0.05) is 13.1 Å². The lowest BCUT2D eigenvalue weighted by molar-refractivity contribution is -0.160. The monoisotopic (exact) mass is 458 g/mol. The van der Waals surface area contributed by atoms with E-state index >= 15 is 0 Å². The van der Waals surface area contributed by atoms with Crippen LogP contribution in [0.5, 0.6) is 11.5 Å². The molecule has 2 aromatic rings. The largest absolute Gasteiger partial charge is 0.497 e. The number of benzene rings is 2. The quantitative estimate of drug-likeness (QED) is 0.605. The third-order valence-electron chi connectivity index (χ3n) is 5.67. The molecule has 0 unspecified atom stereocenters. The highest BCUT2D eigenvalue weighted by Crippen LogP contribution is 2.28. The van der Waals surface area contributed by atoms with Crippen molar-refractivity contribution in [2.45, 2.75) is 31.6 Å². The molecule has 2 aromatic carbocycles. The predicted octanol–water partition coefficient (Wildman–Crippen LogP) is 3.44. The summed E-state index contributed by atoms with van der Waals surface area (Å²) in [6.07, 6.45) is -0.304. The Hall–Kier alpha value is -3.30. The fourth-order valence-electron chi connectivity index (χ4n) is 3.95. The highest BCUT2D eigenvalue weighted by molar-refractivity contribution is 5.97. The summed E-state index contributed by atoms with van der Waals surface area (Å²) in [5.41, 5.74) is 1.23. The highest BCUT2D eigenvalue weighted by atomic mass is 16.7. The highest BCUT2D eigenvalue weighted by Gasteiger charge is 2.38. The second-order valence-corrected chi connectivity index (χ2v) is 7.65. The average Bonchev–Trinajstić information content (AvgIpc) is 3.06. The van der Waals surface area contributed by atoms with Crippen LogP contribution in [0.1, 0.15) is 28.8 Å². The van der Waals surface area contributed by atoms with E-state index in [0.717, 1.165) is 5.56 Å². The zero-order valence-corrected chi connectivity index (χ0v) is 19.1. The summed E-state index contributed by atoms with van der Waals surface area (Å²) in [5, 5.41) is 10.8. The van der Waals surface area contributed by atoms with Crippen molar-refractivity contribution in [3.05, 3.63) is 59.7 Å². The lowest BCUT2D eigenvalue weighted by Gasteiger charge is -2.35. The Bertz CT molecular complexity index is 938. The van der Waals surface area contributed by atoms with Gasteiger partial charge in [-0.05, 0) is 36.6 Å². The Labute approximate surface area is 193 Å². The van der Waals surface area contributed by atoms with Gasteiger partial charge in [0.05, 0.1) is 39.6 Å². The number of nitrogens with zero attached hydrogens (tertiary/aromatic N) is 2. The van der Waals surface area contributed by atoms with Gasteiger partial charge in [0.25, 0.3) is 5.91 Å². The number of carbonyl (C=O) groups excluding carboxylic acids is 1. The molecule has 0 radical (unpaired) electrons. The van der Waals surface area contributed by atoms with Crippen LogP contribution in [0.4, 0.5) is 4.79 Å². The number of likely N-dealkylation sites (tertiary alicyclic amines) is 1. The van der Waals surface area contributed by atoms with E-state index in [9.17, 15) is 14.7 Å². The van der Waals surface area contributed by atoms with Crippen molar-refractivity contribution in [3.63, 3.8) is 0 Å². The first-order valence-electron chi connectivity index (χ1n) is 10.7. The van der Waals surface area contributed by atoms with Crippen LogP contribution < -0.4 is 9.47 Å². The topological polar surface area (TPSA) is 97.8 Å². The second-order valence-electron chi connectivity index (χ2n) is 7.65. The molecular formula is C24H30N2O7. The second kappa shape index (κ2) is 11.5. The first kappa shape index (κ1) is 24.3. The third kappa shape index (κ3) is 5.94. The van der Waals surface area contributed by atoms with Crippen molar-refractivity contribution in [3.8, 4) is 11.5 Å². The van der Waals surface area contributed by atoms with Crippen LogP contribution in [0.15, 0.2) is 48.5 Å². The van der Waals surface area contributed by atoms with Gasteiger partial charge in [-0.15, -0.1) is 0 Å². The van der Waals surface area contributed by atoms with Gasteiger partial charge in [0.1, 0.15) is 17.5 Å². The standard InChI is InChI=1S/C24H30N2O7/c1-30-18-11-12-21(31-2)19(14-18)23(27)26(32-3)20-15-25(24(28)29)13-7-10-22(20)33-16-17-8-5-4-6-9-17/h4-6,8-9,11-12,14,20,22H,7,10,13,15-16H2,1-3H3,(H,28,29)/t20-,22-/m1/s1. The van der Waals surface area contributed by atoms with Crippen molar-refractivity contribution < 1.29 is 33.7 Å². The van der Waals surface area contributed by atoms with E-state index in [4.69, 9.17) is 19.0 Å². The number of rotatable bonds is 8. The van der Waals surface area contributed by atoms with Gasteiger partial charge in [-0.25, -0.2) is 9.86 Å². The van der Waals surface area contributed by atoms with E-state index in [0.29, 0.717) is 37.5 Å². The molecule has 1 heterocycles. The Morgan fingerprint density at radius 3 is 2.48 bits per heavy atom. The van der Waals surface area contributed by atoms with Crippen LogP contribution in [0.2, 0.25) is 0 Å². The van der Waals surface area contributed by atoms with Crippen LogP contribution in [-0.2, 0) is 16.2 Å². The van der Waals surface area contributed by atoms with Crippen molar-refractivity contribution in [2.24, 2.45) is 0 Å². The van der Waals surface area contributed by atoms with Gasteiger partial charge in [-0.1, -0.05) is 30.3 Å². The molecule has 9 nitrogen and oxygen atoms in total. The molecule has 9 heteroatoms. The number of carbonyl (C=O) groups is 2. The number of methoxy groups -OCH3 is 2. The van der Waals surface area contributed by atoms with Gasteiger partial charge < -0.3 is 24.2 Å². The third-order valence-corrected chi connectivity index (χ3v) is 5.67. The smallest absolute Gasteiger partial charge is 0.407 e. The molecule has 2 atom stereocenters. The number of hydroxylamine groups is 2. The lowest BCUT2D eigenvalue weighted by Crippen LogP contribution is -2.52. The van der Waals surface area contributed by atoms with Gasteiger partial charge in [0.15, 0.2) is 0 Å². The molecule has 1 aliphatic rings. The zero-order chi connectivity index (χ0) is 23.8. The Morgan fingerprint density at radius 2 is 1.85 bits per heavy atom. The Balaban J connectivity index is 1.92. The van der Waals surface area contributed by atoms with Crippen LogP contribution in [0, 0.1) is 0 Å². The normalized spacial score (nSPS) is 18.3. The number of hydrogen-bond acceptors (Lipinski definition) is 6. The molecule has 1 aliphatic heterocycles. The molecule has 178 valence electrons. The summed E-state index contributed by atoms with van der Waals surface area (Å²) in [6, 6.07) is 13.9. The Morgan fingerprint density at radius 1 is 1.09 bits per heavy atom. The molecule has 0 spiro atoms. The SMILES string of the molecule is COc1ccc(OC)c(C(=O)N(OC)[C@@H]2CN(C(=O)O)CCC[C@H]2OCc2ccccc2)c1. The van der Waals surface area contributed by atoms with E-state index in [-0.39, 0.29) is 12.1 Å². The van der Waals surface area contributed by atoms with Crippen molar-refractivity contribution >= 4 is 12.0 Å². The van der Waals surface area contributed by atoms with Crippen LogP contribution in [0.3, 0.4) is 0 Å². The van der Waals surface area contributed by atoms with Crippen LogP contribution in [0.25, 0.3) is 0 Å².